The Bertz CT molecular complexity index is 832. The predicted octanol–water partition coefficient (Wildman–Crippen LogP) is 2.18. The van der Waals surface area contributed by atoms with Gasteiger partial charge in [-0.2, -0.15) is 0 Å². The lowest BCUT2D eigenvalue weighted by molar-refractivity contribution is 0.137. The fourth-order valence-corrected chi connectivity index (χ4v) is 2.89. The molecule has 1 atom stereocenters. The number of fused-ring (bicyclic) bond motifs is 1. The van der Waals surface area contributed by atoms with Crippen LogP contribution >= 0.6 is 0 Å². The second kappa shape index (κ2) is 6.12. The van der Waals surface area contributed by atoms with E-state index in [1.807, 2.05) is 0 Å². The van der Waals surface area contributed by atoms with Crippen LogP contribution in [0.4, 0.5) is 10.2 Å². The van der Waals surface area contributed by atoms with E-state index < -0.39 is 5.67 Å². The van der Waals surface area contributed by atoms with Gasteiger partial charge in [-0.1, -0.05) is 0 Å². The molecule has 1 aliphatic heterocycles. The number of pyridine rings is 1. The summed E-state index contributed by atoms with van der Waals surface area (Å²) in [4.78, 5) is 17.1. The van der Waals surface area contributed by atoms with Gasteiger partial charge in [-0.3, -0.25) is 4.98 Å². The third kappa shape index (κ3) is 2.92. The fraction of sp³-hybridized carbons (Fsp3) is 0.375. The normalized spacial score (nSPS) is 21.0. The van der Waals surface area contributed by atoms with Gasteiger partial charge >= 0.3 is 0 Å². The molecule has 1 unspecified atom stereocenters. The van der Waals surface area contributed by atoms with Crippen molar-refractivity contribution in [3.63, 3.8) is 0 Å². The molecule has 4 heterocycles. The zero-order valence-electron chi connectivity index (χ0n) is 13.0. The fourth-order valence-electron chi connectivity index (χ4n) is 2.89. The number of anilines is 1. The predicted molar refractivity (Wildman–Crippen MR) is 87.3 cm³/mol. The number of halogens is 1. The van der Waals surface area contributed by atoms with Crippen molar-refractivity contribution in [1.82, 2.24) is 25.3 Å². The molecular weight excluding hydrogens is 311 g/mol. The number of alkyl halides is 1. The lowest BCUT2D eigenvalue weighted by Gasteiger charge is -2.30. The Morgan fingerprint density at radius 3 is 3.04 bits per heavy atom. The van der Waals surface area contributed by atoms with E-state index in [9.17, 15) is 4.39 Å². The van der Waals surface area contributed by atoms with Crippen molar-refractivity contribution in [1.29, 1.82) is 0 Å². The molecule has 0 radical (unpaired) electrons. The highest BCUT2D eigenvalue weighted by atomic mass is 19.1. The van der Waals surface area contributed by atoms with E-state index in [1.54, 1.807) is 24.7 Å². The first-order valence-corrected chi connectivity index (χ1v) is 7.88. The van der Waals surface area contributed by atoms with Crippen molar-refractivity contribution in [3.8, 4) is 11.5 Å². The Morgan fingerprint density at radius 2 is 2.25 bits per heavy atom. The minimum atomic E-state index is -1.29. The van der Waals surface area contributed by atoms with Gasteiger partial charge in [0.15, 0.2) is 18.0 Å². The highest BCUT2D eigenvalue weighted by molar-refractivity contribution is 5.87. The maximum absolute atomic E-state index is 14.8. The average Bonchev–Trinajstić information content (AvgIpc) is 3.15. The topological polar surface area (TPSA) is 88.8 Å². The van der Waals surface area contributed by atoms with Crippen LogP contribution in [0.2, 0.25) is 0 Å². The van der Waals surface area contributed by atoms with Gasteiger partial charge in [0.05, 0.1) is 18.3 Å². The van der Waals surface area contributed by atoms with Gasteiger partial charge in [0, 0.05) is 18.9 Å². The number of piperidine rings is 1. The van der Waals surface area contributed by atoms with E-state index >= 15 is 0 Å². The molecule has 7 nitrogen and oxygen atoms in total. The molecule has 124 valence electrons. The van der Waals surface area contributed by atoms with Crippen molar-refractivity contribution in [2.75, 3.05) is 25.0 Å². The third-order valence-electron chi connectivity index (χ3n) is 4.13. The first-order valence-electron chi connectivity index (χ1n) is 7.88. The van der Waals surface area contributed by atoms with Gasteiger partial charge in [0.25, 0.3) is 0 Å². The zero-order valence-corrected chi connectivity index (χ0v) is 13.0. The van der Waals surface area contributed by atoms with Crippen LogP contribution in [0.15, 0.2) is 35.5 Å². The van der Waals surface area contributed by atoms with Crippen LogP contribution in [0.25, 0.3) is 22.5 Å². The van der Waals surface area contributed by atoms with Crippen LogP contribution in [-0.2, 0) is 0 Å². The van der Waals surface area contributed by atoms with Crippen LogP contribution in [0.5, 0.6) is 0 Å². The van der Waals surface area contributed by atoms with Crippen molar-refractivity contribution in [2.45, 2.75) is 18.5 Å². The molecule has 1 saturated heterocycles. The van der Waals surface area contributed by atoms with Crippen LogP contribution in [0, 0.1) is 0 Å². The Hall–Kier alpha value is -2.61. The molecule has 1 fully saturated rings. The van der Waals surface area contributed by atoms with Crippen LogP contribution in [0.3, 0.4) is 0 Å². The number of rotatable bonds is 4. The van der Waals surface area contributed by atoms with Crippen molar-refractivity contribution in [3.05, 3.63) is 31.1 Å². The summed E-state index contributed by atoms with van der Waals surface area (Å²) < 4.78 is 20.1. The smallest absolute Gasteiger partial charge is 0.181 e. The number of aromatic nitrogens is 4. The minimum absolute atomic E-state index is 0.165. The SMILES string of the molecule is FC1(CNc2nc(-c3cnco3)cc3nccnc23)CCCNC1. The second-order valence-electron chi connectivity index (χ2n) is 5.93. The monoisotopic (exact) mass is 328 g/mol. The quantitative estimate of drug-likeness (QED) is 0.759. The number of oxazole rings is 1. The van der Waals surface area contributed by atoms with Gasteiger partial charge in [-0.25, -0.2) is 19.3 Å². The van der Waals surface area contributed by atoms with Gasteiger partial charge in [0.2, 0.25) is 0 Å². The van der Waals surface area contributed by atoms with Crippen LogP contribution < -0.4 is 10.6 Å². The second-order valence-corrected chi connectivity index (χ2v) is 5.93. The first kappa shape index (κ1) is 14.9. The summed E-state index contributed by atoms with van der Waals surface area (Å²) in [5.74, 6) is 1.02. The molecule has 0 aromatic carbocycles. The Kier molecular flexibility index (Phi) is 3.81. The highest BCUT2D eigenvalue weighted by Gasteiger charge is 2.31. The van der Waals surface area contributed by atoms with E-state index in [4.69, 9.17) is 4.42 Å². The molecule has 24 heavy (non-hydrogen) atoms. The van der Waals surface area contributed by atoms with Crippen molar-refractivity contribution >= 4 is 16.9 Å². The molecule has 1 aliphatic rings. The number of nitrogens with zero attached hydrogens (tertiary/aromatic N) is 4. The Labute approximate surface area is 137 Å². The van der Waals surface area contributed by atoms with Crippen molar-refractivity contribution < 1.29 is 8.81 Å². The van der Waals surface area contributed by atoms with E-state index in [0.717, 1.165) is 13.0 Å². The standard InChI is InChI=1S/C16H17FN6O/c17-16(2-1-3-18-8-16)9-22-15-14-12(20-4-5-21-14)6-11(23-15)13-7-19-10-24-13/h4-7,10,18H,1-3,8-9H2,(H,22,23). The van der Waals surface area contributed by atoms with E-state index in [-0.39, 0.29) is 6.54 Å². The van der Waals surface area contributed by atoms with E-state index in [2.05, 4.69) is 30.6 Å². The van der Waals surface area contributed by atoms with Gasteiger partial charge < -0.3 is 15.1 Å². The number of nitrogens with one attached hydrogen (secondary N) is 2. The summed E-state index contributed by atoms with van der Waals surface area (Å²) in [5.41, 5.74) is 0.554. The lowest BCUT2D eigenvalue weighted by atomic mass is 9.96. The molecular formula is C16H17FN6O. The molecule has 4 rings (SSSR count). The summed E-state index contributed by atoms with van der Waals surface area (Å²) in [6.07, 6.45) is 7.47. The highest BCUT2D eigenvalue weighted by Crippen LogP contribution is 2.27. The maximum atomic E-state index is 14.8. The Morgan fingerprint density at radius 1 is 1.33 bits per heavy atom. The molecule has 3 aromatic rings. The number of hydrogen-bond acceptors (Lipinski definition) is 7. The summed E-state index contributed by atoms with van der Waals surface area (Å²) in [6.45, 7) is 1.36. The molecule has 0 saturated carbocycles. The largest absolute Gasteiger partial charge is 0.442 e. The van der Waals surface area contributed by atoms with Gasteiger partial charge in [-0.15, -0.1) is 0 Å². The summed E-state index contributed by atoms with van der Waals surface area (Å²) >= 11 is 0. The van der Waals surface area contributed by atoms with Crippen LogP contribution in [0.1, 0.15) is 12.8 Å². The van der Waals surface area contributed by atoms with Crippen LogP contribution in [-0.4, -0.2) is 45.2 Å². The Balaban J connectivity index is 1.68. The minimum Gasteiger partial charge on any atom is -0.442 e. The van der Waals surface area contributed by atoms with E-state index in [1.165, 1.54) is 6.39 Å². The molecule has 0 amide bonds. The van der Waals surface area contributed by atoms with Crippen molar-refractivity contribution in [2.24, 2.45) is 0 Å². The maximum Gasteiger partial charge on any atom is 0.181 e. The molecule has 3 aromatic heterocycles. The molecule has 2 N–H and O–H groups in total. The number of hydrogen-bond donors (Lipinski definition) is 2. The lowest BCUT2D eigenvalue weighted by Crippen LogP contribution is -2.46. The average molecular weight is 328 g/mol. The third-order valence-corrected chi connectivity index (χ3v) is 4.13. The molecule has 0 bridgehead atoms. The van der Waals surface area contributed by atoms with Gasteiger partial charge in [-0.05, 0) is 25.5 Å². The molecule has 0 spiro atoms. The summed E-state index contributed by atoms with van der Waals surface area (Å²) in [7, 11) is 0. The summed E-state index contributed by atoms with van der Waals surface area (Å²) in [6, 6.07) is 1.78. The first-order chi connectivity index (χ1) is 11.7. The summed E-state index contributed by atoms with van der Waals surface area (Å²) in [5, 5.41) is 6.21. The molecule has 8 heteroatoms. The molecule has 0 aliphatic carbocycles. The van der Waals surface area contributed by atoms with E-state index in [0.29, 0.717) is 41.3 Å². The van der Waals surface area contributed by atoms with Gasteiger partial charge in [0.1, 0.15) is 16.9 Å². The zero-order chi connectivity index (χ0) is 16.4.